The summed E-state index contributed by atoms with van der Waals surface area (Å²) in [5.74, 6) is -0.155. The van der Waals surface area contributed by atoms with Gasteiger partial charge in [-0.25, -0.2) is 0 Å². The molecule has 1 aromatic rings. The smallest absolute Gasteiger partial charge is 0.271 e. The van der Waals surface area contributed by atoms with E-state index in [1.54, 1.807) is 7.05 Å². The topological polar surface area (TPSA) is 76.2 Å². The number of hydrogen-bond donors (Lipinski definition) is 2. The summed E-state index contributed by atoms with van der Waals surface area (Å²) in [4.78, 5) is 14.5. The van der Waals surface area contributed by atoms with Crippen molar-refractivity contribution in [2.45, 2.75) is 39.7 Å². The van der Waals surface area contributed by atoms with Crippen molar-refractivity contribution in [2.75, 3.05) is 25.4 Å². The van der Waals surface area contributed by atoms with Crippen molar-refractivity contribution in [2.24, 2.45) is 7.05 Å². The van der Waals surface area contributed by atoms with E-state index in [1.807, 2.05) is 6.92 Å². The summed E-state index contributed by atoms with van der Waals surface area (Å²) in [5, 5.41) is 6.95. The molecule has 1 unspecified atom stereocenters. The largest absolute Gasteiger partial charge is 0.396 e. The molecule has 1 amide bonds. The maximum absolute atomic E-state index is 12.1. The highest BCUT2D eigenvalue weighted by molar-refractivity contribution is 5.97. The number of nitrogens with zero attached hydrogens (tertiary/aromatic N) is 3. The third-order valence-electron chi connectivity index (χ3n) is 3.57. The van der Waals surface area contributed by atoms with Crippen LogP contribution in [0.3, 0.4) is 0 Å². The number of aromatic nitrogens is 2. The van der Waals surface area contributed by atoms with Gasteiger partial charge in [-0.1, -0.05) is 13.8 Å². The molecule has 0 radical (unpaired) electrons. The molecular formula is C14H27N5O. The monoisotopic (exact) mass is 281 g/mol. The maximum atomic E-state index is 12.1. The van der Waals surface area contributed by atoms with Gasteiger partial charge in [0.25, 0.3) is 5.91 Å². The van der Waals surface area contributed by atoms with E-state index in [2.05, 4.69) is 29.2 Å². The first-order chi connectivity index (χ1) is 9.49. The van der Waals surface area contributed by atoms with Gasteiger partial charge in [-0.3, -0.25) is 9.48 Å². The van der Waals surface area contributed by atoms with Gasteiger partial charge in [0.2, 0.25) is 0 Å². The summed E-state index contributed by atoms with van der Waals surface area (Å²) < 4.78 is 1.51. The molecule has 0 spiro atoms. The van der Waals surface area contributed by atoms with Crippen molar-refractivity contribution in [1.29, 1.82) is 0 Å². The highest BCUT2D eigenvalue weighted by Crippen LogP contribution is 2.09. The number of aryl methyl sites for hydroxylation is 1. The number of hydrogen-bond acceptors (Lipinski definition) is 4. The minimum Gasteiger partial charge on any atom is -0.396 e. The summed E-state index contributed by atoms with van der Waals surface area (Å²) in [6.07, 6.45) is 3.53. The van der Waals surface area contributed by atoms with Crippen LogP contribution < -0.4 is 11.1 Å². The number of carbonyl (C=O) groups is 1. The SMILES string of the molecule is CCN(CC)CCCC(C)NC(=O)c1c(N)cnn1C. The molecule has 0 fully saturated rings. The molecule has 1 atom stereocenters. The van der Waals surface area contributed by atoms with Gasteiger partial charge in [-0.2, -0.15) is 5.10 Å². The van der Waals surface area contributed by atoms with Gasteiger partial charge in [0.1, 0.15) is 5.69 Å². The molecule has 0 saturated carbocycles. The second-order valence-corrected chi connectivity index (χ2v) is 5.12. The molecule has 0 aromatic carbocycles. The number of nitrogen functional groups attached to an aromatic ring is 1. The molecule has 3 N–H and O–H groups in total. The number of nitrogens with two attached hydrogens (primary N) is 1. The lowest BCUT2D eigenvalue weighted by Crippen LogP contribution is -2.35. The van der Waals surface area contributed by atoms with Crippen LogP contribution in [0.5, 0.6) is 0 Å². The fraction of sp³-hybridized carbons (Fsp3) is 0.714. The first-order valence-corrected chi connectivity index (χ1v) is 7.30. The lowest BCUT2D eigenvalue weighted by Gasteiger charge is -2.19. The van der Waals surface area contributed by atoms with Crippen LogP contribution in [0.25, 0.3) is 0 Å². The van der Waals surface area contributed by atoms with Crippen LogP contribution in [0, 0.1) is 0 Å². The van der Waals surface area contributed by atoms with Crippen LogP contribution in [0.4, 0.5) is 5.69 Å². The fourth-order valence-electron chi connectivity index (χ4n) is 2.26. The molecule has 1 aromatic heterocycles. The van der Waals surface area contributed by atoms with Crippen molar-refractivity contribution < 1.29 is 4.79 Å². The van der Waals surface area contributed by atoms with Crippen LogP contribution >= 0.6 is 0 Å². The van der Waals surface area contributed by atoms with Gasteiger partial charge < -0.3 is 16.0 Å². The Morgan fingerprint density at radius 2 is 2.15 bits per heavy atom. The molecule has 0 aliphatic heterocycles. The van der Waals surface area contributed by atoms with E-state index in [4.69, 9.17) is 5.73 Å². The van der Waals surface area contributed by atoms with Crippen molar-refractivity contribution in [3.63, 3.8) is 0 Å². The molecular weight excluding hydrogens is 254 g/mol. The summed E-state index contributed by atoms with van der Waals surface area (Å²) in [7, 11) is 1.72. The second kappa shape index (κ2) is 7.89. The molecule has 114 valence electrons. The number of anilines is 1. The Morgan fingerprint density at radius 1 is 1.50 bits per heavy atom. The predicted octanol–water partition coefficient (Wildman–Crippen LogP) is 1.24. The minimum atomic E-state index is -0.155. The normalized spacial score (nSPS) is 12.7. The molecule has 0 bridgehead atoms. The van der Waals surface area contributed by atoms with Crippen LogP contribution in [-0.4, -0.2) is 46.3 Å². The minimum absolute atomic E-state index is 0.132. The molecule has 1 rings (SSSR count). The molecule has 1 heterocycles. The zero-order valence-corrected chi connectivity index (χ0v) is 13.0. The summed E-state index contributed by atoms with van der Waals surface area (Å²) >= 11 is 0. The van der Waals surface area contributed by atoms with Gasteiger partial charge >= 0.3 is 0 Å². The van der Waals surface area contributed by atoms with Gasteiger partial charge in [-0.15, -0.1) is 0 Å². The highest BCUT2D eigenvalue weighted by Gasteiger charge is 2.16. The van der Waals surface area contributed by atoms with E-state index in [9.17, 15) is 4.79 Å². The van der Waals surface area contributed by atoms with Crippen LogP contribution in [-0.2, 0) is 7.05 Å². The average molecular weight is 281 g/mol. The van der Waals surface area contributed by atoms with Gasteiger partial charge in [0, 0.05) is 13.1 Å². The Hall–Kier alpha value is -1.56. The fourth-order valence-corrected chi connectivity index (χ4v) is 2.26. The standard InChI is InChI=1S/C14H27N5O/c1-5-19(6-2)9-7-8-11(3)17-14(20)13-12(15)10-16-18(13)4/h10-11H,5-9,15H2,1-4H3,(H,17,20). The van der Waals surface area contributed by atoms with Crippen molar-refractivity contribution in [3.8, 4) is 0 Å². The van der Waals surface area contributed by atoms with Gasteiger partial charge in [0.05, 0.1) is 11.9 Å². The van der Waals surface area contributed by atoms with Gasteiger partial charge in [0.15, 0.2) is 0 Å². The number of rotatable bonds is 8. The predicted molar refractivity (Wildman–Crippen MR) is 81.6 cm³/mol. The van der Waals surface area contributed by atoms with Crippen LogP contribution in [0.1, 0.15) is 44.1 Å². The Labute approximate surface area is 121 Å². The van der Waals surface area contributed by atoms with E-state index >= 15 is 0 Å². The maximum Gasteiger partial charge on any atom is 0.271 e. The third-order valence-corrected chi connectivity index (χ3v) is 3.57. The zero-order chi connectivity index (χ0) is 15.1. The molecule has 0 aliphatic rings. The van der Waals surface area contributed by atoms with Crippen molar-refractivity contribution in [3.05, 3.63) is 11.9 Å². The second-order valence-electron chi connectivity index (χ2n) is 5.12. The number of nitrogens with one attached hydrogen (secondary N) is 1. The first kappa shape index (κ1) is 16.5. The van der Waals surface area contributed by atoms with Crippen molar-refractivity contribution >= 4 is 11.6 Å². The van der Waals surface area contributed by atoms with Crippen LogP contribution in [0.2, 0.25) is 0 Å². The Morgan fingerprint density at radius 3 is 2.65 bits per heavy atom. The van der Waals surface area contributed by atoms with E-state index < -0.39 is 0 Å². The summed E-state index contributed by atoms with van der Waals surface area (Å²) in [5.41, 5.74) is 6.59. The third kappa shape index (κ3) is 4.52. The lowest BCUT2D eigenvalue weighted by molar-refractivity contribution is 0.0928. The number of carbonyl (C=O) groups excluding carboxylic acids is 1. The van der Waals surface area contributed by atoms with E-state index in [-0.39, 0.29) is 11.9 Å². The summed E-state index contributed by atoms with van der Waals surface area (Å²) in [6, 6.07) is 0.132. The van der Waals surface area contributed by atoms with E-state index in [0.717, 1.165) is 32.5 Å². The molecule has 6 heteroatoms. The lowest BCUT2D eigenvalue weighted by atomic mass is 10.1. The number of amides is 1. The quantitative estimate of drug-likeness (QED) is 0.752. The molecule has 0 aliphatic carbocycles. The van der Waals surface area contributed by atoms with Crippen LogP contribution in [0.15, 0.2) is 6.20 Å². The molecule has 20 heavy (non-hydrogen) atoms. The Kier molecular flexibility index (Phi) is 6.51. The summed E-state index contributed by atoms with van der Waals surface area (Å²) in [6.45, 7) is 9.57. The zero-order valence-electron chi connectivity index (χ0n) is 13.0. The molecule has 0 saturated heterocycles. The van der Waals surface area contributed by atoms with E-state index in [1.165, 1.54) is 10.9 Å². The van der Waals surface area contributed by atoms with Gasteiger partial charge in [-0.05, 0) is 39.4 Å². The average Bonchev–Trinajstić information content (AvgIpc) is 2.74. The first-order valence-electron chi connectivity index (χ1n) is 7.30. The molecule has 6 nitrogen and oxygen atoms in total. The Bertz CT molecular complexity index is 406. The highest BCUT2D eigenvalue weighted by atomic mass is 16.2. The van der Waals surface area contributed by atoms with Crippen molar-refractivity contribution in [1.82, 2.24) is 20.0 Å². The Balaban J connectivity index is 2.39. The van der Waals surface area contributed by atoms with E-state index in [0.29, 0.717) is 11.4 Å².